The third kappa shape index (κ3) is 4.41. The summed E-state index contributed by atoms with van der Waals surface area (Å²) < 4.78 is 0. The van der Waals surface area contributed by atoms with Gasteiger partial charge in [0.05, 0.1) is 0 Å². The topological polar surface area (TPSA) is 66.9 Å². The van der Waals surface area contributed by atoms with Crippen molar-refractivity contribution in [2.45, 2.75) is 20.8 Å². The predicted octanol–water partition coefficient (Wildman–Crippen LogP) is 4.40. The number of anilines is 3. The van der Waals surface area contributed by atoms with Crippen molar-refractivity contribution in [3.05, 3.63) is 77.0 Å². The van der Waals surface area contributed by atoms with Crippen LogP contribution in [0.5, 0.6) is 0 Å². The molecule has 0 atom stereocenters. The van der Waals surface area contributed by atoms with Crippen LogP contribution in [0.3, 0.4) is 0 Å². The van der Waals surface area contributed by atoms with Crippen molar-refractivity contribution in [3.63, 3.8) is 0 Å². The molecule has 0 spiro atoms. The molecule has 0 aliphatic carbocycles. The Bertz CT molecular complexity index is 866. The number of rotatable bonds is 4. The molecule has 1 heterocycles. The summed E-state index contributed by atoms with van der Waals surface area (Å²) in [5.74, 6) is 0.311. The third-order valence-electron chi connectivity index (χ3n) is 3.70. The van der Waals surface area contributed by atoms with Crippen LogP contribution in [-0.2, 0) is 0 Å². The first-order valence-corrected chi connectivity index (χ1v) is 8.07. The maximum absolute atomic E-state index is 12.2. The van der Waals surface area contributed by atoms with E-state index in [1.807, 2.05) is 57.2 Å². The normalized spacial score (nSPS) is 10.4. The summed E-state index contributed by atoms with van der Waals surface area (Å²) in [4.78, 5) is 12.2. The van der Waals surface area contributed by atoms with Crippen LogP contribution in [0.4, 0.5) is 17.2 Å². The average molecular weight is 332 g/mol. The molecular weight excluding hydrogens is 312 g/mol. The van der Waals surface area contributed by atoms with Crippen molar-refractivity contribution < 1.29 is 4.79 Å². The smallest absolute Gasteiger partial charge is 0.276 e. The Morgan fingerprint density at radius 2 is 1.44 bits per heavy atom. The molecule has 1 amide bonds. The van der Waals surface area contributed by atoms with Crippen LogP contribution in [0.25, 0.3) is 0 Å². The van der Waals surface area contributed by atoms with E-state index in [0.29, 0.717) is 5.82 Å². The average Bonchev–Trinajstić information content (AvgIpc) is 2.56. The number of nitrogens with zero attached hydrogens (tertiary/aromatic N) is 2. The van der Waals surface area contributed by atoms with Crippen LogP contribution >= 0.6 is 0 Å². The minimum absolute atomic E-state index is 0.270. The fourth-order valence-electron chi connectivity index (χ4n) is 2.55. The van der Waals surface area contributed by atoms with Gasteiger partial charge >= 0.3 is 0 Å². The molecule has 0 aliphatic heterocycles. The second-order valence-electron chi connectivity index (χ2n) is 6.13. The van der Waals surface area contributed by atoms with Crippen LogP contribution in [0.2, 0.25) is 0 Å². The quantitative estimate of drug-likeness (QED) is 0.743. The number of carbonyl (C=O) groups excluding carboxylic acids is 1. The Hall–Kier alpha value is -3.21. The van der Waals surface area contributed by atoms with Gasteiger partial charge in [0, 0.05) is 11.4 Å². The van der Waals surface area contributed by atoms with Gasteiger partial charge in [-0.25, -0.2) is 0 Å². The Labute approximate surface area is 147 Å². The molecule has 2 N–H and O–H groups in total. The van der Waals surface area contributed by atoms with Gasteiger partial charge in [-0.2, -0.15) is 0 Å². The van der Waals surface area contributed by atoms with Gasteiger partial charge in [-0.15, -0.1) is 10.2 Å². The zero-order valence-corrected chi connectivity index (χ0v) is 14.5. The van der Waals surface area contributed by atoms with Crippen LogP contribution in [0.1, 0.15) is 27.2 Å². The third-order valence-corrected chi connectivity index (χ3v) is 3.70. The largest absolute Gasteiger partial charge is 0.339 e. The molecule has 25 heavy (non-hydrogen) atoms. The van der Waals surface area contributed by atoms with Crippen molar-refractivity contribution in [2.24, 2.45) is 0 Å². The first-order chi connectivity index (χ1) is 12.0. The van der Waals surface area contributed by atoms with Crippen LogP contribution in [-0.4, -0.2) is 16.1 Å². The maximum Gasteiger partial charge on any atom is 0.276 e. The van der Waals surface area contributed by atoms with E-state index in [1.165, 1.54) is 11.1 Å². The Morgan fingerprint density at radius 3 is 2.04 bits per heavy atom. The number of hydrogen-bond acceptors (Lipinski definition) is 4. The van der Waals surface area contributed by atoms with E-state index in [0.717, 1.165) is 16.9 Å². The number of aryl methyl sites for hydroxylation is 3. The molecule has 0 radical (unpaired) electrons. The van der Waals surface area contributed by atoms with Crippen molar-refractivity contribution in [3.8, 4) is 0 Å². The van der Waals surface area contributed by atoms with E-state index in [2.05, 4.69) is 26.9 Å². The molecule has 3 aromatic rings. The lowest BCUT2D eigenvalue weighted by molar-refractivity contribution is 0.102. The number of nitrogens with one attached hydrogen (secondary N) is 2. The first kappa shape index (κ1) is 16.6. The highest BCUT2D eigenvalue weighted by Crippen LogP contribution is 2.18. The second-order valence-corrected chi connectivity index (χ2v) is 6.13. The zero-order chi connectivity index (χ0) is 17.8. The molecule has 3 rings (SSSR count). The molecule has 0 aliphatic rings. The van der Waals surface area contributed by atoms with Gasteiger partial charge in [-0.05, 0) is 68.3 Å². The lowest BCUT2D eigenvalue weighted by atomic mass is 10.1. The summed E-state index contributed by atoms with van der Waals surface area (Å²) in [5, 5.41) is 14.1. The molecule has 0 unspecified atom stereocenters. The summed E-state index contributed by atoms with van der Waals surface area (Å²) in [6, 6.07) is 17.2. The van der Waals surface area contributed by atoms with Gasteiger partial charge in [0.1, 0.15) is 0 Å². The van der Waals surface area contributed by atoms with E-state index >= 15 is 0 Å². The SMILES string of the molecule is Cc1ccc(NC(=O)c2ccc(Nc3cc(C)cc(C)c3)nn2)cc1. The lowest BCUT2D eigenvalue weighted by Crippen LogP contribution is -2.14. The van der Waals surface area contributed by atoms with Gasteiger partial charge in [-0.3, -0.25) is 4.79 Å². The second kappa shape index (κ2) is 7.13. The van der Waals surface area contributed by atoms with Crippen molar-refractivity contribution >= 4 is 23.1 Å². The van der Waals surface area contributed by atoms with Gasteiger partial charge in [0.2, 0.25) is 0 Å². The summed E-state index contributed by atoms with van der Waals surface area (Å²) in [6.07, 6.45) is 0. The van der Waals surface area contributed by atoms with Crippen LogP contribution in [0.15, 0.2) is 54.6 Å². The summed E-state index contributed by atoms with van der Waals surface area (Å²) in [5.41, 5.74) is 5.43. The van der Waals surface area contributed by atoms with Crippen molar-refractivity contribution in [2.75, 3.05) is 10.6 Å². The molecule has 0 fully saturated rings. The fraction of sp³-hybridized carbons (Fsp3) is 0.150. The van der Waals surface area contributed by atoms with Gasteiger partial charge in [0.15, 0.2) is 11.5 Å². The summed E-state index contributed by atoms with van der Waals surface area (Å²) in [7, 11) is 0. The number of amides is 1. The van der Waals surface area contributed by atoms with Crippen molar-refractivity contribution in [1.29, 1.82) is 0 Å². The minimum atomic E-state index is -0.283. The Kier molecular flexibility index (Phi) is 4.75. The number of aromatic nitrogens is 2. The van der Waals surface area contributed by atoms with Gasteiger partial charge < -0.3 is 10.6 Å². The number of benzene rings is 2. The summed E-state index contributed by atoms with van der Waals surface area (Å²) in [6.45, 7) is 6.09. The predicted molar refractivity (Wildman–Crippen MR) is 100 cm³/mol. The van der Waals surface area contributed by atoms with Gasteiger partial charge in [0.25, 0.3) is 5.91 Å². The molecule has 0 saturated carbocycles. The Morgan fingerprint density at radius 1 is 0.760 bits per heavy atom. The van der Waals surface area contributed by atoms with E-state index in [4.69, 9.17) is 0 Å². The standard InChI is InChI=1S/C20H20N4O/c1-13-4-6-16(7-5-13)22-20(25)18-8-9-19(24-23-18)21-17-11-14(2)10-15(3)12-17/h4-12H,1-3H3,(H,21,24)(H,22,25). The van der Waals surface area contributed by atoms with Gasteiger partial charge in [-0.1, -0.05) is 23.8 Å². The molecule has 126 valence electrons. The highest BCUT2D eigenvalue weighted by molar-refractivity contribution is 6.02. The van der Waals surface area contributed by atoms with Crippen LogP contribution in [0, 0.1) is 20.8 Å². The fourth-order valence-corrected chi connectivity index (χ4v) is 2.55. The van der Waals surface area contributed by atoms with Crippen molar-refractivity contribution in [1.82, 2.24) is 10.2 Å². The highest BCUT2D eigenvalue weighted by atomic mass is 16.1. The minimum Gasteiger partial charge on any atom is -0.339 e. The highest BCUT2D eigenvalue weighted by Gasteiger charge is 2.09. The van der Waals surface area contributed by atoms with E-state index in [1.54, 1.807) is 12.1 Å². The molecule has 0 saturated heterocycles. The molecule has 1 aromatic heterocycles. The Balaban J connectivity index is 1.68. The molecular formula is C20H20N4O. The molecule has 2 aromatic carbocycles. The molecule has 5 heteroatoms. The monoisotopic (exact) mass is 332 g/mol. The van der Waals surface area contributed by atoms with Crippen LogP contribution < -0.4 is 10.6 Å². The van der Waals surface area contributed by atoms with E-state index in [9.17, 15) is 4.79 Å². The maximum atomic E-state index is 12.2. The number of carbonyl (C=O) groups is 1. The first-order valence-electron chi connectivity index (χ1n) is 8.07. The molecule has 5 nitrogen and oxygen atoms in total. The van der Waals surface area contributed by atoms with E-state index in [-0.39, 0.29) is 11.6 Å². The zero-order valence-electron chi connectivity index (χ0n) is 14.5. The molecule has 0 bridgehead atoms. The number of hydrogen-bond donors (Lipinski definition) is 2. The van der Waals surface area contributed by atoms with E-state index < -0.39 is 0 Å². The summed E-state index contributed by atoms with van der Waals surface area (Å²) >= 11 is 0. The lowest BCUT2D eigenvalue weighted by Gasteiger charge is -2.08.